The summed E-state index contributed by atoms with van der Waals surface area (Å²) in [5, 5.41) is 13.5. The lowest BCUT2D eigenvalue weighted by atomic mass is 9.59. The van der Waals surface area contributed by atoms with E-state index < -0.39 is 47.5 Å². The van der Waals surface area contributed by atoms with Gasteiger partial charge in [-0.1, -0.05) is 75.8 Å². The van der Waals surface area contributed by atoms with Gasteiger partial charge in [-0.3, -0.25) is 9.59 Å². The fourth-order valence-corrected chi connectivity index (χ4v) is 6.40. The number of esters is 2. The predicted octanol–water partition coefficient (Wildman–Crippen LogP) is 4.06. The Morgan fingerprint density at radius 3 is 2.63 bits per heavy atom. The maximum Gasteiger partial charge on any atom is 0.331 e. The van der Waals surface area contributed by atoms with E-state index in [1.807, 2.05) is 49.4 Å². The number of carbonyl (C=O) groups excluding carboxylic acids is 3. The van der Waals surface area contributed by atoms with Crippen molar-refractivity contribution in [3.05, 3.63) is 72.4 Å². The Bertz CT molecular complexity index is 1110. The van der Waals surface area contributed by atoms with Crippen molar-refractivity contribution in [3.63, 3.8) is 0 Å². The van der Waals surface area contributed by atoms with Crippen molar-refractivity contribution in [1.82, 2.24) is 5.32 Å². The molecule has 7 heteroatoms. The van der Waals surface area contributed by atoms with Crippen LogP contribution in [0.5, 0.6) is 0 Å². The molecule has 2 aliphatic heterocycles. The summed E-state index contributed by atoms with van der Waals surface area (Å²) in [4.78, 5) is 39.4. The number of carbonyl (C=O) groups is 3. The summed E-state index contributed by atoms with van der Waals surface area (Å²) in [5.74, 6) is -2.76. The molecule has 1 aromatic rings. The lowest BCUT2D eigenvalue weighted by Gasteiger charge is -2.49. The zero-order chi connectivity index (χ0) is 27.4. The summed E-state index contributed by atoms with van der Waals surface area (Å²) in [5.41, 5.74) is 0.128. The molecule has 1 spiro atoms. The SMILES string of the molecule is C=C1C(C)C2C(Cc3ccccc3)NC(=O)C23OC(=O)C=CC(O)CCCC(C)CC=CC3C1OC(C)=O. The van der Waals surface area contributed by atoms with E-state index >= 15 is 0 Å². The molecule has 38 heavy (non-hydrogen) atoms. The fourth-order valence-electron chi connectivity index (χ4n) is 6.40. The molecule has 1 saturated carbocycles. The Kier molecular flexibility index (Phi) is 8.56. The molecule has 4 rings (SSSR count). The van der Waals surface area contributed by atoms with Gasteiger partial charge in [-0.05, 0) is 48.3 Å². The third-order valence-corrected chi connectivity index (χ3v) is 8.30. The Morgan fingerprint density at radius 2 is 1.92 bits per heavy atom. The van der Waals surface area contributed by atoms with E-state index in [0.29, 0.717) is 24.3 Å². The summed E-state index contributed by atoms with van der Waals surface area (Å²) in [6.07, 6.45) is 8.47. The van der Waals surface area contributed by atoms with Crippen LogP contribution in [0.1, 0.15) is 52.0 Å². The van der Waals surface area contributed by atoms with E-state index in [9.17, 15) is 19.5 Å². The monoisotopic (exact) mass is 521 g/mol. The molecule has 0 bridgehead atoms. The summed E-state index contributed by atoms with van der Waals surface area (Å²) in [7, 11) is 0. The molecular formula is C31H39NO6. The van der Waals surface area contributed by atoms with E-state index in [2.05, 4.69) is 18.8 Å². The standard InChI is InChI=1S/C31H39NO6/c1-19-10-8-14-24(34)16-17-27(35)38-31-25(15-9-11-19)29(37-22(4)33)21(3)20(2)28(31)26(32-30(31)36)18-23-12-6-5-7-13-23/h5-7,9,12-13,15-17,19-20,24-26,28-29,34H,3,8,10-11,14,18H2,1-2,4H3,(H,32,36). The molecule has 8 unspecified atom stereocenters. The molecule has 1 aliphatic carbocycles. The number of allylic oxidation sites excluding steroid dienone is 1. The van der Waals surface area contributed by atoms with Gasteiger partial charge in [0.1, 0.15) is 6.10 Å². The van der Waals surface area contributed by atoms with E-state index in [4.69, 9.17) is 9.47 Å². The highest BCUT2D eigenvalue weighted by Crippen LogP contribution is 2.53. The average molecular weight is 522 g/mol. The summed E-state index contributed by atoms with van der Waals surface area (Å²) in [6.45, 7) is 9.72. The van der Waals surface area contributed by atoms with Gasteiger partial charge in [0, 0.05) is 25.0 Å². The third-order valence-electron chi connectivity index (χ3n) is 8.30. The minimum absolute atomic E-state index is 0.295. The van der Waals surface area contributed by atoms with Crippen LogP contribution in [0, 0.1) is 23.7 Å². The quantitative estimate of drug-likeness (QED) is 0.460. The van der Waals surface area contributed by atoms with Gasteiger partial charge in [0.15, 0.2) is 0 Å². The Morgan fingerprint density at radius 1 is 1.18 bits per heavy atom. The number of nitrogens with one attached hydrogen (secondary N) is 1. The first-order chi connectivity index (χ1) is 18.1. The van der Waals surface area contributed by atoms with Crippen LogP contribution in [0.25, 0.3) is 0 Å². The van der Waals surface area contributed by atoms with E-state index in [0.717, 1.165) is 24.8 Å². The first kappa shape index (κ1) is 27.8. The Balaban J connectivity index is 1.84. The summed E-state index contributed by atoms with van der Waals surface area (Å²) >= 11 is 0. The zero-order valence-electron chi connectivity index (χ0n) is 22.5. The molecule has 3 aliphatic rings. The normalized spacial score (nSPS) is 35.9. The van der Waals surface area contributed by atoms with Crippen LogP contribution in [0.4, 0.5) is 0 Å². The van der Waals surface area contributed by atoms with Crippen LogP contribution in [0.3, 0.4) is 0 Å². The number of hydrogen-bond acceptors (Lipinski definition) is 6. The van der Waals surface area contributed by atoms with Crippen LogP contribution < -0.4 is 5.32 Å². The Hall–Kier alpha value is -3.19. The number of amides is 1. The minimum atomic E-state index is -1.61. The molecule has 2 N–H and O–H groups in total. The highest BCUT2D eigenvalue weighted by molar-refractivity contribution is 5.94. The van der Waals surface area contributed by atoms with Crippen molar-refractivity contribution in [2.24, 2.45) is 23.7 Å². The maximum absolute atomic E-state index is 14.0. The molecule has 1 aromatic carbocycles. The largest absolute Gasteiger partial charge is 0.457 e. The predicted molar refractivity (Wildman–Crippen MR) is 144 cm³/mol. The van der Waals surface area contributed by atoms with Gasteiger partial charge in [0.2, 0.25) is 5.60 Å². The topological polar surface area (TPSA) is 102 Å². The van der Waals surface area contributed by atoms with Crippen LogP contribution in [-0.2, 0) is 30.3 Å². The number of rotatable bonds is 3. The van der Waals surface area contributed by atoms with Crippen molar-refractivity contribution < 1.29 is 29.0 Å². The summed E-state index contributed by atoms with van der Waals surface area (Å²) in [6, 6.07) is 9.52. The van der Waals surface area contributed by atoms with E-state index in [-0.39, 0.29) is 12.0 Å². The molecule has 0 aromatic heterocycles. The molecule has 0 radical (unpaired) electrons. The lowest BCUT2D eigenvalue weighted by Crippen LogP contribution is -2.62. The Labute approximate surface area is 225 Å². The van der Waals surface area contributed by atoms with Gasteiger partial charge in [0.05, 0.1) is 12.0 Å². The lowest BCUT2D eigenvalue weighted by molar-refractivity contribution is -0.186. The number of benzene rings is 1. The molecule has 2 heterocycles. The van der Waals surface area contributed by atoms with Crippen LogP contribution in [-0.4, -0.2) is 46.8 Å². The van der Waals surface area contributed by atoms with Gasteiger partial charge in [-0.25, -0.2) is 4.79 Å². The van der Waals surface area contributed by atoms with Crippen molar-refractivity contribution in [1.29, 1.82) is 0 Å². The van der Waals surface area contributed by atoms with Crippen LogP contribution in [0.2, 0.25) is 0 Å². The van der Waals surface area contributed by atoms with Crippen LogP contribution >= 0.6 is 0 Å². The molecular weight excluding hydrogens is 482 g/mol. The molecule has 7 nitrogen and oxygen atoms in total. The van der Waals surface area contributed by atoms with Gasteiger partial charge in [-0.15, -0.1) is 0 Å². The maximum atomic E-state index is 14.0. The van der Waals surface area contributed by atoms with Crippen molar-refractivity contribution in [3.8, 4) is 0 Å². The highest BCUT2D eigenvalue weighted by atomic mass is 16.6. The second-order valence-electron chi connectivity index (χ2n) is 11.1. The fraction of sp³-hybridized carbons (Fsp3) is 0.516. The first-order valence-electron chi connectivity index (χ1n) is 13.6. The van der Waals surface area contributed by atoms with Crippen molar-refractivity contribution in [2.45, 2.75) is 76.7 Å². The second-order valence-corrected chi connectivity index (χ2v) is 11.1. The van der Waals surface area contributed by atoms with Crippen molar-refractivity contribution in [2.75, 3.05) is 0 Å². The number of aliphatic hydroxyl groups excluding tert-OH is 1. The second kappa shape index (κ2) is 11.7. The smallest absolute Gasteiger partial charge is 0.331 e. The van der Waals surface area contributed by atoms with Gasteiger partial charge in [0.25, 0.3) is 5.91 Å². The molecule has 1 saturated heterocycles. The zero-order valence-corrected chi connectivity index (χ0v) is 22.5. The molecule has 8 atom stereocenters. The van der Waals surface area contributed by atoms with E-state index in [1.165, 1.54) is 19.1 Å². The van der Waals surface area contributed by atoms with Gasteiger partial charge < -0.3 is 19.9 Å². The first-order valence-corrected chi connectivity index (χ1v) is 13.6. The minimum Gasteiger partial charge on any atom is -0.457 e. The average Bonchev–Trinajstić information content (AvgIpc) is 3.14. The van der Waals surface area contributed by atoms with Crippen LogP contribution in [0.15, 0.2) is 66.8 Å². The number of ether oxygens (including phenoxy) is 2. The summed E-state index contributed by atoms with van der Waals surface area (Å²) < 4.78 is 11.9. The third kappa shape index (κ3) is 5.63. The van der Waals surface area contributed by atoms with Gasteiger partial charge in [-0.2, -0.15) is 0 Å². The highest BCUT2D eigenvalue weighted by Gasteiger charge is 2.68. The molecule has 204 valence electrons. The van der Waals surface area contributed by atoms with E-state index in [1.54, 1.807) is 0 Å². The van der Waals surface area contributed by atoms with Gasteiger partial charge >= 0.3 is 11.9 Å². The van der Waals surface area contributed by atoms with Crippen molar-refractivity contribution >= 4 is 17.8 Å². The number of hydrogen-bond donors (Lipinski definition) is 2. The number of aliphatic hydroxyl groups is 1. The molecule has 2 fully saturated rings. The molecule has 1 amide bonds.